The van der Waals surface area contributed by atoms with Crippen LogP contribution in [0.3, 0.4) is 0 Å². The van der Waals surface area contributed by atoms with Crippen molar-refractivity contribution in [2.75, 3.05) is 6.61 Å². The molecule has 2 rings (SSSR count). The van der Waals surface area contributed by atoms with Gasteiger partial charge in [-0.3, -0.25) is 0 Å². The van der Waals surface area contributed by atoms with Gasteiger partial charge in [-0.05, 0) is 0 Å². The van der Waals surface area contributed by atoms with Crippen LogP contribution < -0.4 is 0 Å². The third-order valence-corrected chi connectivity index (χ3v) is 4.17. The summed E-state index contributed by atoms with van der Waals surface area (Å²) < 4.78 is 41.6. The predicted octanol–water partition coefficient (Wildman–Crippen LogP) is 2.33. The van der Waals surface area contributed by atoms with Crippen molar-refractivity contribution < 1.29 is 32.6 Å². The first-order valence-electron chi connectivity index (χ1n) is 6.11. The van der Waals surface area contributed by atoms with Crippen molar-refractivity contribution >= 4 is 60.2 Å². The van der Waals surface area contributed by atoms with Crippen LogP contribution in [-0.2, 0) is 14.2 Å². The molecule has 0 aromatic heterocycles. The number of hydrogen-bond acceptors (Lipinski definition) is 5. The smallest absolute Gasteiger partial charge is 0.153 e. The third-order valence-electron chi connectivity index (χ3n) is 2.93. The second kappa shape index (κ2) is 8.75. The van der Waals surface area contributed by atoms with Crippen LogP contribution in [0.4, 0.5) is 13.6 Å². The normalized spacial score (nSPS) is 25.3. The Labute approximate surface area is 158 Å². The van der Waals surface area contributed by atoms with Gasteiger partial charge >= 0.3 is 149 Å². The fraction of sp³-hybridized carbons (Fsp3) is 0.385. The summed E-state index contributed by atoms with van der Waals surface area (Å²) in [6.45, 7) is -0.443. The molecule has 0 amide bonds. The fourth-order valence-electron chi connectivity index (χ4n) is 1.90. The van der Waals surface area contributed by atoms with Gasteiger partial charge in [-0.15, -0.1) is 0 Å². The minimum absolute atomic E-state index is 0. The van der Waals surface area contributed by atoms with Gasteiger partial charge in [-0.1, -0.05) is 0 Å². The molecule has 1 aliphatic heterocycles. The SMILES string of the molecule is O=[C]([Bi])OC1[C@@H](COC(=O)c2ccccc2)O[C@@H](Br)C1(F)F.P. The summed E-state index contributed by atoms with van der Waals surface area (Å²) in [6.07, 6.45) is -3.03. The quantitative estimate of drug-likeness (QED) is 0.228. The molecule has 1 aliphatic rings. The maximum atomic E-state index is 13.9. The summed E-state index contributed by atoms with van der Waals surface area (Å²) in [4.78, 5) is 22.8. The summed E-state index contributed by atoms with van der Waals surface area (Å²) >= 11 is 2.87. The Kier molecular flexibility index (Phi) is 7.92. The van der Waals surface area contributed by atoms with Gasteiger partial charge < -0.3 is 0 Å². The molecular weight excluding hydrogens is 594 g/mol. The van der Waals surface area contributed by atoms with Crippen molar-refractivity contribution in [2.24, 2.45) is 0 Å². The number of ether oxygens (including phenoxy) is 3. The van der Waals surface area contributed by atoms with E-state index < -0.39 is 39.4 Å². The van der Waals surface area contributed by atoms with Gasteiger partial charge in [-0.2, -0.15) is 9.90 Å². The molecule has 4 atom stereocenters. The second-order valence-corrected chi connectivity index (χ2v) is 6.69. The van der Waals surface area contributed by atoms with Crippen LogP contribution in [0.15, 0.2) is 30.3 Å². The molecule has 2 radical (unpaired) electrons. The van der Waals surface area contributed by atoms with Gasteiger partial charge in [-0.25, -0.2) is 0 Å². The molecule has 0 aliphatic carbocycles. The zero-order valence-corrected chi connectivity index (χ0v) is 18.1. The van der Waals surface area contributed by atoms with Crippen LogP contribution in [0.5, 0.6) is 0 Å². The number of carbonyl (C=O) groups is 2. The average Bonchev–Trinajstić information content (AvgIpc) is 2.68. The van der Waals surface area contributed by atoms with Gasteiger partial charge in [0.15, 0.2) is 0 Å². The summed E-state index contributed by atoms with van der Waals surface area (Å²) in [6, 6.07) is 8.10. The molecule has 1 saturated heterocycles. The molecular formula is C13H13BiBrF2O5P. The van der Waals surface area contributed by atoms with E-state index in [9.17, 15) is 18.4 Å². The molecule has 126 valence electrons. The van der Waals surface area contributed by atoms with Crippen LogP contribution in [-0.4, -0.2) is 64.1 Å². The molecule has 23 heavy (non-hydrogen) atoms. The largest absolute Gasteiger partial charge is 0.153 e. The van der Waals surface area contributed by atoms with E-state index in [4.69, 9.17) is 9.47 Å². The van der Waals surface area contributed by atoms with Crippen molar-refractivity contribution in [1.29, 1.82) is 0 Å². The molecule has 5 nitrogen and oxygen atoms in total. The van der Waals surface area contributed by atoms with Gasteiger partial charge in [0.25, 0.3) is 0 Å². The van der Waals surface area contributed by atoms with Gasteiger partial charge in [0.05, 0.1) is 0 Å². The van der Waals surface area contributed by atoms with Crippen LogP contribution >= 0.6 is 25.8 Å². The van der Waals surface area contributed by atoms with E-state index in [2.05, 4.69) is 20.7 Å². The number of hydrogen-bond donors (Lipinski definition) is 0. The van der Waals surface area contributed by atoms with Crippen molar-refractivity contribution in [3.63, 3.8) is 0 Å². The zero-order valence-electron chi connectivity index (χ0n) is 11.7. The second-order valence-electron chi connectivity index (χ2n) is 4.43. The maximum absolute atomic E-state index is 13.9. The number of halogens is 3. The van der Waals surface area contributed by atoms with Crippen LogP contribution in [0.1, 0.15) is 10.4 Å². The standard InChI is InChI=1S/C13H10BrF2O5.Bi.H3P/c14-12-13(15,16)10(20-7-17)9(21-12)6-19-11(18)8-4-2-1-3-5-8;;/h1-5,9-10,12H,6H2;;1H3/t9-,10?,12-;;/m1../s1. The van der Waals surface area contributed by atoms with Crippen LogP contribution in [0.2, 0.25) is 0 Å². The van der Waals surface area contributed by atoms with Crippen molar-refractivity contribution in [2.45, 2.75) is 23.1 Å². The maximum Gasteiger partial charge on any atom is -0.153 e. The van der Waals surface area contributed by atoms with E-state index in [1.807, 2.05) is 0 Å². The van der Waals surface area contributed by atoms with E-state index in [1.54, 1.807) is 18.2 Å². The molecule has 1 aromatic carbocycles. The molecule has 1 heterocycles. The Morgan fingerprint density at radius 1 is 1.30 bits per heavy atom. The number of rotatable bonds is 4. The van der Waals surface area contributed by atoms with E-state index >= 15 is 0 Å². The van der Waals surface area contributed by atoms with Crippen LogP contribution in [0, 0.1) is 0 Å². The Morgan fingerprint density at radius 3 is 2.48 bits per heavy atom. The molecule has 2 unspecified atom stereocenters. The molecule has 0 bridgehead atoms. The van der Waals surface area contributed by atoms with Gasteiger partial charge in [0.2, 0.25) is 0 Å². The molecule has 10 heteroatoms. The minimum Gasteiger partial charge on any atom is -0.153 e. The summed E-state index contributed by atoms with van der Waals surface area (Å²) in [7, 11) is 0. The average molecular weight is 607 g/mol. The van der Waals surface area contributed by atoms with Gasteiger partial charge in [0.1, 0.15) is 0 Å². The Morgan fingerprint density at radius 2 is 1.91 bits per heavy atom. The number of esters is 1. The zero-order chi connectivity index (χ0) is 16.3. The van der Waals surface area contributed by atoms with Crippen molar-refractivity contribution in [3.05, 3.63) is 35.9 Å². The Bertz CT molecular complexity index is 563. The molecule has 1 aromatic rings. The third kappa shape index (κ3) is 5.12. The topological polar surface area (TPSA) is 61.8 Å². The molecule has 0 N–H and O–H groups in total. The van der Waals surface area contributed by atoms with E-state index in [1.165, 1.54) is 12.1 Å². The van der Waals surface area contributed by atoms with E-state index in [0.29, 0.717) is 0 Å². The molecule has 0 spiro atoms. The monoisotopic (exact) mass is 606 g/mol. The van der Waals surface area contributed by atoms with E-state index in [-0.39, 0.29) is 40.2 Å². The van der Waals surface area contributed by atoms with Crippen LogP contribution in [0.25, 0.3) is 0 Å². The number of alkyl halides is 3. The number of benzene rings is 1. The van der Waals surface area contributed by atoms with Gasteiger partial charge in [0, 0.05) is 0 Å². The fourth-order valence-corrected chi connectivity index (χ4v) is 2.88. The van der Waals surface area contributed by atoms with Crippen molar-refractivity contribution in [3.8, 4) is 0 Å². The first kappa shape index (κ1) is 20.8. The minimum atomic E-state index is -3.40. The first-order chi connectivity index (χ1) is 10.3. The summed E-state index contributed by atoms with van der Waals surface area (Å²) in [5.41, 5.74) is 0.289. The first-order valence-corrected chi connectivity index (χ1v) is 8.77. The summed E-state index contributed by atoms with van der Waals surface area (Å²) in [5.74, 6) is -4.07. The molecule has 1 fully saturated rings. The van der Waals surface area contributed by atoms with E-state index in [0.717, 1.165) is 0 Å². The Balaban J connectivity index is 0.00000264. The predicted molar refractivity (Wildman–Crippen MR) is 86.4 cm³/mol. The molecule has 0 saturated carbocycles. The number of carbonyl (C=O) groups excluding carboxylic acids is 2. The Hall–Kier alpha value is -0.227. The summed E-state index contributed by atoms with van der Waals surface area (Å²) in [5, 5.41) is -1.61. The van der Waals surface area contributed by atoms with Crippen molar-refractivity contribution in [1.82, 2.24) is 0 Å².